The van der Waals surface area contributed by atoms with Crippen LogP contribution in [0, 0.1) is 5.92 Å². The highest BCUT2D eigenvalue weighted by molar-refractivity contribution is 6.40. The van der Waals surface area contributed by atoms with E-state index in [0.29, 0.717) is 23.5 Å². The Labute approximate surface area is 242 Å². The number of rotatable bonds is 10. The first-order chi connectivity index (χ1) is 19.1. The Kier molecular flexibility index (Phi) is 9.30. The molecule has 0 bridgehead atoms. The molecule has 0 aliphatic heterocycles. The second-order valence-electron chi connectivity index (χ2n) is 9.72. The number of hydrogen-bond donors (Lipinski definition) is 2. The SMILES string of the molecule is CC(C)CN(C(=O)c1ccco1)c1cccc(C(Cc2ccc(NC(=O)c3c(Cl)cccc3Cl)cc2)C(=O)O)c1. The molecule has 1 unspecified atom stereocenters. The Morgan fingerprint density at radius 2 is 1.60 bits per heavy atom. The summed E-state index contributed by atoms with van der Waals surface area (Å²) in [5, 5.41) is 13.3. The third-order valence-electron chi connectivity index (χ3n) is 6.25. The van der Waals surface area contributed by atoms with Gasteiger partial charge in [0.05, 0.1) is 27.8 Å². The van der Waals surface area contributed by atoms with Gasteiger partial charge in [-0.25, -0.2) is 0 Å². The van der Waals surface area contributed by atoms with E-state index in [1.165, 1.54) is 6.26 Å². The maximum atomic E-state index is 13.2. The Morgan fingerprint density at radius 3 is 2.20 bits per heavy atom. The summed E-state index contributed by atoms with van der Waals surface area (Å²) in [5.74, 6) is -2.20. The van der Waals surface area contributed by atoms with Gasteiger partial charge in [-0.3, -0.25) is 14.4 Å². The number of nitrogens with one attached hydrogen (secondary N) is 1. The van der Waals surface area contributed by atoms with Crippen molar-refractivity contribution in [2.45, 2.75) is 26.2 Å². The molecular formula is C31H28Cl2N2O5. The fourth-order valence-electron chi connectivity index (χ4n) is 4.33. The number of carboxylic acid groups (broad SMARTS) is 1. The number of carbonyl (C=O) groups excluding carboxylic acids is 2. The van der Waals surface area contributed by atoms with Crippen LogP contribution in [0.5, 0.6) is 0 Å². The molecule has 2 N–H and O–H groups in total. The van der Waals surface area contributed by atoms with Gasteiger partial charge in [-0.15, -0.1) is 0 Å². The summed E-state index contributed by atoms with van der Waals surface area (Å²) in [6.07, 6.45) is 1.65. The number of nitrogens with zero attached hydrogens (tertiary/aromatic N) is 1. The maximum Gasteiger partial charge on any atom is 0.311 e. The first kappa shape index (κ1) is 28.9. The lowest BCUT2D eigenvalue weighted by atomic mass is 9.91. The van der Waals surface area contributed by atoms with Crippen molar-refractivity contribution < 1.29 is 23.9 Å². The molecule has 1 heterocycles. The van der Waals surface area contributed by atoms with Crippen LogP contribution >= 0.6 is 23.2 Å². The van der Waals surface area contributed by atoms with Gasteiger partial charge in [-0.05, 0) is 72.0 Å². The fourth-order valence-corrected chi connectivity index (χ4v) is 4.90. The van der Waals surface area contributed by atoms with E-state index >= 15 is 0 Å². The first-order valence-corrected chi connectivity index (χ1v) is 13.4. The van der Waals surface area contributed by atoms with Gasteiger partial charge < -0.3 is 19.7 Å². The summed E-state index contributed by atoms with van der Waals surface area (Å²) in [6.45, 7) is 4.44. The summed E-state index contributed by atoms with van der Waals surface area (Å²) >= 11 is 12.3. The van der Waals surface area contributed by atoms with Crippen molar-refractivity contribution in [3.8, 4) is 0 Å². The Morgan fingerprint density at radius 1 is 0.925 bits per heavy atom. The van der Waals surface area contributed by atoms with Crippen molar-refractivity contribution in [3.05, 3.63) is 118 Å². The minimum absolute atomic E-state index is 0.172. The number of amides is 2. The van der Waals surface area contributed by atoms with Gasteiger partial charge in [0.2, 0.25) is 0 Å². The van der Waals surface area contributed by atoms with Gasteiger partial charge in [-0.1, -0.05) is 67.4 Å². The lowest BCUT2D eigenvalue weighted by Gasteiger charge is -2.25. The summed E-state index contributed by atoms with van der Waals surface area (Å²) in [6, 6.07) is 22.0. The zero-order valence-corrected chi connectivity index (χ0v) is 23.4. The molecule has 1 aromatic heterocycles. The lowest BCUT2D eigenvalue weighted by molar-refractivity contribution is -0.138. The highest BCUT2D eigenvalue weighted by atomic mass is 35.5. The molecule has 7 nitrogen and oxygen atoms in total. The molecule has 40 heavy (non-hydrogen) atoms. The molecule has 1 atom stereocenters. The fraction of sp³-hybridized carbons (Fsp3) is 0.194. The van der Waals surface area contributed by atoms with Crippen molar-refractivity contribution in [3.63, 3.8) is 0 Å². The quantitative estimate of drug-likeness (QED) is 0.202. The van der Waals surface area contributed by atoms with E-state index < -0.39 is 17.8 Å². The van der Waals surface area contributed by atoms with Crippen molar-refractivity contribution in [2.75, 3.05) is 16.8 Å². The summed E-state index contributed by atoms with van der Waals surface area (Å²) < 4.78 is 5.32. The van der Waals surface area contributed by atoms with Crippen LogP contribution < -0.4 is 10.2 Å². The van der Waals surface area contributed by atoms with E-state index in [1.54, 1.807) is 83.8 Å². The van der Waals surface area contributed by atoms with Crippen LogP contribution in [0.15, 0.2) is 89.5 Å². The molecule has 0 radical (unpaired) electrons. The van der Waals surface area contributed by atoms with Gasteiger partial charge in [0, 0.05) is 17.9 Å². The maximum absolute atomic E-state index is 13.2. The van der Waals surface area contributed by atoms with Gasteiger partial charge >= 0.3 is 5.97 Å². The molecular weight excluding hydrogens is 551 g/mol. The van der Waals surface area contributed by atoms with Crippen LogP contribution in [0.3, 0.4) is 0 Å². The van der Waals surface area contributed by atoms with Crippen LogP contribution in [0.1, 0.15) is 51.8 Å². The van der Waals surface area contributed by atoms with E-state index in [1.807, 2.05) is 13.8 Å². The molecule has 206 valence electrons. The molecule has 0 spiro atoms. The molecule has 2 amide bonds. The van der Waals surface area contributed by atoms with Gasteiger partial charge in [0.1, 0.15) is 0 Å². The van der Waals surface area contributed by atoms with E-state index in [0.717, 1.165) is 5.56 Å². The number of benzene rings is 3. The molecule has 9 heteroatoms. The van der Waals surface area contributed by atoms with E-state index in [2.05, 4.69) is 5.32 Å². The number of carboxylic acids is 1. The molecule has 0 fully saturated rings. The third kappa shape index (κ3) is 6.92. The Bertz CT molecular complexity index is 1480. The number of halogens is 2. The first-order valence-electron chi connectivity index (χ1n) is 12.7. The largest absolute Gasteiger partial charge is 0.481 e. The van der Waals surface area contributed by atoms with Crippen LogP contribution in [-0.4, -0.2) is 29.4 Å². The molecule has 0 saturated heterocycles. The van der Waals surface area contributed by atoms with E-state index in [4.69, 9.17) is 27.6 Å². The second-order valence-corrected chi connectivity index (χ2v) is 10.5. The van der Waals surface area contributed by atoms with Crippen LogP contribution in [0.4, 0.5) is 11.4 Å². The molecule has 4 aromatic rings. The summed E-state index contributed by atoms with van der Waals surface area (Å²) in [4.78, 5) is 39.8. The van der Waals surface area contributed by atoms with Crippen LogP contribution in [0.25, 0.3) is 0 Å². The average Bonchev–Trinajstić information content (AvgIpc) is 3.46. The Hall–Kier alpha value is -4.07. The standard InChI is InChI=1S/C31H28Cl2N2O5/c1-19(2)18-35(30(37)27-10-5-15-40-27)23-7-3-6-21(17-23)24(31(38)39)16-20-11-13-22(14-12-20)34-29(36)28-25(32)8-4-9-26(28)33/h3-15,17,19,24H,16,18H2,1-2H3,(H,34,36)(H,38,39). The number of carbonyl (C=O) groups is 3. The average molecular weight is 579 g/mol. The van der Waals surface area contributed by atoms with Gasteiger partial charge in [0.15, 0.2) is 5.76 Å². The number of furan rings is 1. The van der Waals surface area contributed by atoms with Crippen molar-refractivity contribution in [2.24, 2.45) is 5.92 Å². The second kappa shape index (κ2) is 12.9. The monoisotopic (exact) mass is 578 g/mol. The van der Waals surface area contributed by atoms with Crippen molar-refractivity contribution >= 4 is 52.4 Å². The molecule has 3 aromatic carbocycles. The predicted molar refractivity (Wildman–Crippen MR) is 157 cm³/mol. The topological polar surface area (TPSA) is 99.9 Å². The summed E-state index contributed by atoms with van der Waals surface area (Å²) in [5.41, 5.74) is 2.61. The van der Waals surface area contributed by atoms with Gasteiger partial charge in [-0.2, -0.15) is 0 Å². The van der Waals surface area contributed by atoms with Crippen molar-refractivity contribution in [1.82, 2.24) is 0 Å². The number of hydrogen-bond acceptors (Lipinski definition) is 4. The Balaban J connectivity index is 1.53. The minimum Gasteiger partial charge on any atom is -0.481 e. The van der Waals surface area contributed by atoms with Crippen molar-refractivity contribution in [1.29, 1.82) is 0 Å². The zero-order chi connectivity index (χ0) is 28.8. The molecule has 0 aliphatic rings. The predicted octanol–water partition coefficient (Wildman–Crippen LogP) is 7.55. The van der Waals surface area contributed by atoms with Crippen LogP contribution in [-0.2, 0) is 11.2 Å². The molecule has 0 saturated carbocycles. The third-order valence-corrected chi connectivity index (χ3v) is 6.88. The van der Waals surface area contributed by atoms with Gasteiger partial charge in [0.25, 0.3) is 11.8 Å². The van der Waals surface area contributed by atoms with E-state index in [-0.39, 0.29) is 39.6 Å². The number of anilines is 2. The zero-order valence-electron chi connectivity index (χ0n) is 21.9. The normalized spacial score (nSPS) is 11.7. The van der Waals surface area contributed by atoms with E-state index in [9.17, 15) is 19.5 Å². The van der Waals surface area contributed by atoms with Crippen LogP contribution in [0.2, 0.25) is 10.0 Å². The minimum atomic E-state index is -0.990. The summed E-state index contributed by atoms with van der Waals surface area (Å²) in [7, 11) is 0. The smallest absolute Gasteiger partial charge is 0.311 e. The lowest BCUT2D eigenvalue weighted by Crippen LogP contribution is -2.34. The molecule has 4 rings (SSSR count). The highest BCUT2D eigenvalue weighted by Crippen LogP contribution is 2.29. The molecule has 0 aliphatic carbocycles. The highest BCUT2D eigenvalue weighted by Gasteiger charge is 2.25. The number of aliphatic carboxylic acids is 1.